The van der Waals surface area contributed by atoms with Crippen LogP contribution in [-0.4, -0.2) is 11.8 Å². The number of anilines is 1. The summed E-state index contributed by atoms with van der Waals surface area (Å²) in [5.41, 5.74) is 2.80. The minimum absolute atomic E-state index is 0.00491. The Bertz CT molecular complexity index is 694. The number of rotatable bonds is 7. The summed E-state index contributed by atoms with van der Waals surface area (Å²) < 4.78 is 0. The zero-order valence-corrected chi connectivity index (χ0v) is 15.1. The second-order valence-electron chi connectivity index (χ2n) is 6.43. The molecule has 1 unspecified atom stereocenters. The molecule has 0 aliphatic carbocycles. The molecule has 2 aromatic rings. The van der Waals surface area contributed by atoms with Crippen molar-refractivity contribution in [1.29, 1.82) is 0 Å². The number of nitrogens with one attached hydrogen (secondary N) is 2. The average Bonchev–Trinajstić information content (AvgIpc) is 2.62. The fraction of sp³-hybridized carbons (Fsp3) is 0.333. The molecule has 0 aliphatic rings. The lowest BCUT2D eigenvalue weighted by Gasteiger charge is -2.15. The summed E-state index contributed by atoms with van der Waals surface area (Å²) in [5.74, 6) is -0.158. The van der Waals surface area contributed by atoms with Gasteiger partial charge in [-0.15, -0.1) is 0 Å². The minimum atomic E-state index is -0.134. The van der Waals surface area contributed by atoms with E-state index < -0.39 is 0 Å². The fourth-order valence-corrected chi connectivity index (χ4v) is 2.56. The van der Waals surface area contributed by atoms with Gasteiger partial charge >= 0.3 is 0 Å². The molecular weight excluding hydrogens is 312 g/mol. The summed E-state index contributed by atoms with van der Waals surface area (Å²) in [6.07, 6.45) is 0.760. The van der Waals surface area contributed by atoms with Crippen LogP contribution in [0.2, 0.25) is 0 Å². The van der Waals surface area contributed by atoms with Crippen molar-refractivity contribution in [2.75, 3.05) is 5.32 Å². The third-order valence-electron chi connectivity index (χ3n) is 4.14. The monoisotopic (exact) mass is 338 g/mol. The Kier molecular flexibility index (Phi) is 6.75. The van der Waals surface area contributed by atoms with Crippen molar-refractivity contribution >= 4 is 17.5 Å². The van der Waals surface area contributed by atoms with E-state index in [0.29, 0.717) is 6.54 Å². The number of carbonyl (C=O) groups excluding carboxylic acids is 2. The first-order chi connectivity index (χ1) is 12.0. The first kappa shape index (κ1) is 18.7. The molecule has 0 spiro atoms. The summed E-state index contributed by atoms with van der Waals surface area (Å²) in [5, 5.41) is 5.86. The lowest BCUT2D eigenvalue weighted by atomic mass is 9.95. The van der Waals surface area contributed by atoms with Crippen LogP contribution < -0.4 is 10.6 Å². The lowest BCUT2D eigenvalue weighted by molar-refractivity contribution is -0.122. The molecule has 0 aliphatic heterocycles. The van der Waals surface area contributed by atoms with E-state index in [9.17, 15) is 9.59 Å². The molecule has 0 radical (unpaired) electrons. The van der Waals surface area contributed by atoms with Crippen molar-refractivity contribution < 1.29 is 9.59 Å². The highest BCUT2D eigenvalue weighted by Gasteiger charge is 2.17. The van der Waals surface area contributed by atoms with Crippen LogP contribution in [-0.2, 0) is 16.1 Å². The van der Waals surface area contributed by atoms with Gasteiger partial charge in [0, 0.05) is 18.2 Å². The van der Waals surface area contributed by atoms with Crippen LogP contribution in [0.15, 0.2) is 54.6 Å². The van der Waals surface area contributed by atoms with Gasteiger partial charge in [-0.2, -0.15) is 0 Å². The molecule has 132 valence electrons. The van der Waals surface area contributed by atoms with Crippen LogP contribution in [0.4, 0.5) is 5.69 Å². The van der Waals surface area contributed by atoms with E-state index >= 15 is 0 Å². The molecule has 0 heterocycles. The maximum absolute atomic E-state index is 12.5. The van der Waals surface area contributed by atoms with Crippen molar-refractivity contribution in [1.82, 2.24) is 5.32 Å². The summed E-state index contributed by atoms with van der Waals surface area (Å²) in [4.78, 5) is 24.2. The second kappa shape index (κ2) is 9.02. The van der Waals surface area contributed by atoms with Gasteiger partial charge < -0.3 is 10.6 Å². The standard InChI is InChI=1S/C21H26N2O2/c1-4-19(17-8-6-5-7-9-17)21(25)22-14-16-10-12-18(13-11-16)23-20(24)15(2)3/h5-13,15,19H,4,14H2,1-3H3,(H,22,25)(H,23,24). The SMILES string of the molecule is CCC(C(=O)NCc1ccc(NC(=O)C(C)C)cc1)c1ccccc1. The van der Waals surface area contributed by atoms with E-state index in [1.165, 1.54) is 0 Å². The first-order valence-corrected chi connectivity index (χ1v) is 8.73. The van der Waals surface area contributed by atoms with Crippen molar-refractivity contribution in [3.8, 4) is 0 Å². The summed E-state index contributed by atoms with van der Waals surface area (Å²) in [7, 11) is 0. The van der Waals surface area contributed by atoms with E-state index in [4.69, 9.17) is 0 Å². The summed E-state index contributed by atoms with van der Waals surface area (Å²) >= 11 is 0. The van der Waals surface area contributed by atoms with Gasteiger partial charge in [-0.05, 0) is 29.7 Å². The van der Waals surface area contributed by atoms with Crippen LogP contribution in [0.5, 0.6) is 0 Å². The van der Waals surface area contributed by atoms with Crippen molar-refractivity contribution in [2.45, 2.75) is 39.7 Å². The van der Waals surface area contributed by atoms with Crippen molar-refractivity contribution in [2.24, 2.45) is 5.92 Å². The maximum atomic E-state index is 12.5. The Balaban J connectivity index is 1.92. The molecule has 0 saturated carbocycles. The molecule has 0 aromatic heterocycles. The number of amides is 2. The Morgan fingerprint density at radius 3 is 2.12 bits per heavy atom. The Morgan fingerprint density at radius 2 is 1.56 bits per heavy atom. The van der Waals surface area contributed by atoms with Crippen molar-refractivity contribution in [3.63, 3.8) is 0 Å². The van der Waals surface area contributed by atoms with Gasteiger partial charge in [0.15, 0.2) is 0 Å². The molecule has 2 N–H and O–H groups in total. The van der Waals surface area contributed by atoms with Gasteiger partial charge in [-0.25, -0.2) is 0 Å². The highest BCUT2D eigenvalue weighted by Crippen LogP contribution is 2.19. The molecule has 2 rings (SSSR count). The molecule has 1 atom stereocenters. The van der Waals surface area contributed by atoms with Gasteiger partial charge in [0.1, 0.15) is 0 Å². The highest BCUT2D eigenvalue weighted by molar-refractivity contribution is 5.92. The first-order valence-electron chi connectivity index (χ1n) is 8.73. The Morgan fingerprint density at radius 1 is 0.920 bits per heavy atom. The lowest BCUT2D eigenvalue weighted by Crippen LogP contribution is -2.28. The third-order valence-corrected chi connectivity index (χ3v) is 4.14. The van der Waals surface area contributed by atoms with Crippen LogP contribution >= 0.6 is 0 Å². The van der Waals surface area contributed by atoms with E-state index in [0.717, 1.165) is 23.2 Å². The molecular formula is C21H26N2O2. The smallest absolute Gasteiger partial charge is 0.227 e. The quantitative estimate of drug-likeness (QED) is 0.799. The third kappa shape index (κ3) is 5.45. The average molecular weight is 338 g/mol. The second-order valence-corrected chi connectivity index (χ2v) is 6.43. The van der Waals surface area contributed by atoms with Gasteiger partial charge in [0.2, 0.25) is 11.8 Å². The Labute approximate surface area is 149 Å². The molecule has 0 fully saturated rings. The molecule has 4 nitrogen and oxygen atoms in total. The zero-order valence-electron chi connectivity index (χ0n) is 15.1. The van der Waals surface area contributed by atoms with Gasteiger partial charge in [0.25, 0.3) is 0 Å². The maximum Gasteiger partial charge on any atom is 0.227 e. The number of benzene rings is 2. The predicted molar refractivity (Wildman–Crippen MR) is 101 cm³/mol. The molecule has 0 bridgehead atoms. The number of hydrogen-bond acceptors (Lipinski definition) is 2. The molecule has 2 amide bonds. The molecule has 2 aromatic carbocycles. The number of hydrogen-bond donors (Lipinski definition) is 2. The zero-order chi connectivity index (χ0) is 18.2. The van der Waals surface area contributed by atoms with Crippen LogP contribution in [0.1, 0.15) is 44.2 Å². The fourth-order valence-electron chi connectivity index (χ4n) is 2.56. The molecule has 0 saturated heterocycles. The predicted octanol–water partition coefficient (Wildman–Crippen LogP) is 4.09. The van der Waals surface area contributed by atoms with Gasteiger partial charge in [-0.3, -0.25) is 9.59 Å². The molecule has 25 heavy (non-hydrogen) atoms. The largest absolute Gasteiger partial charge is 0.351 e. The normalized spacial score (nSPS) is 11.8. The topological polar surface area (TPSA) is 58.2 Å². The van der Waals surface area contributed by atoms with Crippen LogP contribution in [0.3, 0.4) is 0 Å². The minimum Gasteiger partial charge on any atom is -0.351 e. The summed E-state index contributed by atoms with van der Waals surface area (Å²) in [6, 6.07) is 17.4. The van der Waals surface area contributed by atoms with Gasteiger partial charge in [-0.1, -0.05) is 63.2 Å². The van der Waals surface area contributed by atoms with Crippen LogP contribution in [0, 0.1) is 5.92 Å². The number of carbonyl (C=O) groups is 2. The highest BCUT2D eigenvalue weighted by atomic mass is 16.2. The Hall–Kier alpha value is -2.62. The van der Waals surface area contributed by atoms with E-state index in [1.54, 1.807) is 0 Å². The summed E-state index contributed by atoms with van der Waals surface area (Å²) in [6.45, 7) is 6.20. The van der Waals surface area contributed by atoms with Crippen molar-refractivity contribution in [3.05, 3.63) is 65.7 Å². The van der Waals surface area contributed by atoms with E-state index in [1.807, 2.05) is 75.4 Å². The van der Waals surface area contributed by atoms with E-state index in [2.05, 4.69) is 10.6 Å². The van der Waals surface area contributed by atoms with E-state index in [-0.39, 0.29) is 23.7 Å². The van der Waals surface area contributed by atoms with Gasteiger partial charge in [0.05, 0.1) is 5.92 Å². The van der Waals surface area contributed by atoms with Crippen LogP contribution in [0.25, 0.3) is 0 Å². The molecule has 4 heteroatoms.